The van der Waals surface area contributed by atoms with Crippen LogP contribution in [-0.4, -0.2) is 87.5 Å². The fourth-order valence-electron chi connectivity index (χ4n) is 7.92. The topological polar surface area (TPSA) is 149 Å². The van der Waals surface area contributed by atoms with Crippen molar-refractivity contribution < 1.29 is 39.8 Å². The van der Waals surface area contributed by atoms with Crippen molar-refractivity contribution >= 4 is 5.91 Å². The molecule has 1 fully saturated rings. The Morgan fingerprint density at radius 3 is 1.42 bits per heavy atom. The Hall–Kier alpha value is -1.07. The van der Waals surface area contributed by atoms with Gasteiger partial charge in [-0.2, -0.15) is 0 Å². The predicted octanol–water partition coefficient (Wildman–Crippen LogP) is 10.5. The minimum absolute atomic E-state index is 0.136. The summed E-state index contributed by atoms with van der Waals surface area (Å²) < 4.78 is 11.2. The Labute approximate surface area is 350 Å². The van der Waals surface area contributed by atoms with E-state index in [0.717, 1.165) is 51.4 Å². The zero-order chi connectivity index (χ0) is 41.6. The summed E-state index contributed by atoms with van der Waals surface area (Å²) in [6, 6.07) is -0.710. The summed E-state index contributed by atoms with van der Waals surface area (Å²) in [6.45, 7) is 3.75. The standard InChI is InChI=1S/C48H93NO8/c1-3-5-7-9-10-11-12-13-14-15-16-17-18-19-20-21-22-23-24-25-26-27-28-29-30-31-32-34-36-38-44(52)49-41(42(51)37-35-33-8-6-4-2)40-56-48-47(55)46(54)45(53)43(39-50)57-48/h15-16,41-43,45-48,50-51,53-55H,3-14,17-40H2,1-2H3,(H,49,52)/b16-15-. The minimum Gasteiger partial charge on any atom is -0.394 e. The van der Waals surface area contributed by atoms with Gasteiger partial charge in [0.05, 0.1) is 25.4 Å². The Morgan fingerprint density at radius 2 is 0.982 bits per heavy atom. The lowest BCUT2D eigenvalue weighted by Crippen LogP contribution is -2.60. The van der Waals surface area contributed by atoms with Crippen molar-refractivity contribution in [1.29, 1.82) is 0 Å². The molecule has 9 nitrogen and oxygen atoms in total. The molecule has 1 aliphatic rings. The smallest absolute Gasteiger partial charge is 0.220 e. The van der Waals surface area contributed by atoms with Gasteiger partial charge in [-0.1, -0.05) is 199 Å². The second-order valence-electron chi connectivity index (χ2n) is 17.3. The van der Waals surface area contributed by atoms with E-state index in [9.17, 15) is 30.3 Å². The number of allylic oxidation sites excluding steroid dienone is 2. The van der Waals surface area contributed by atoms with Crippen molar-refractivity contribution in [3.63, 3.8) is 0 Å². The van der Waals surface area contributed by atoms with E-state index >= 15 is 0 Å². The lowest BCUT2D eigenvalue weighted by molar-refractivity contribution is -0.302. The van der Waals surface area contributed by atoms with Gasteiger partial charge in [0.25, 0.3) is 0 Å². The van der Waals surface area contributed by atoms with Crippen molar-refractivity contribution in [2.75, 3.05) is 13.2 Å². The molecular formula is C48H93NO8. The fourth-order valence-corrected chi connectivity index (χ4v) is 7.92. The minimum atomic E-state index is -1.55. The maximum Gasteiger partial charge on any atom is 0.220 e. The molecule has 0 spiro atoms. The van der Waals surface area contributed by atoms with Crippen LogP contribution < -0.4 is 5.32 Å². The van der Waals surface area contributed by atoms with Gasteiger partial charge in [-0.15, -0.1) is 0 Å². The monoisotopic (exact) mass is 812 g/mol. The molecule has 338 valence electrons. The van der Waals surface area contributed by atoms with Crippen LogP contribution in [0.5, 0.6) is 0 Å². The van der Waals surface area contributed by atoms with E-state index in [4.69, 9.17) is 9.47 Å². The Bertz CT molecular complexity index is 904. The summed E-state index contributed by atoms with van der Waals surface area (Å²) in [6.07, 6.45) is 38.7. The van der Waals surface area contributed by atoms with Gasteiger partial charge in [0.2, 0.25) is 5.91 Å². The highest BCUT2D eigenvalue weighted by Crippen LogP contribution is 2.23. The quantitative estimate of drug-likeness (QED) is 0.0264. The molecule has 7 atom stereocenters. The molecule has 1 saturated heterocycles. The first-order valence-electron chi connectivity index (χ1n) is 24.4. The Morgan fingerprint density at radius 1 is 0.579 bits per heavy atom. The third-order valence-electron chi connectivity index (χ3n) is 11.9. The molecule has 0 aliphatic carbocycles. The third kappa shape index (κ3) is 29.7. The zero-order valence-corrected chi connectivity index (χ0v) is 37.1. The average Bonchev–Trinajstić information content (AvgIpc) is 3.21. The molecule has 0 saturated carbocycles. The summed E-state index contributed by atoms with van der Waals surface area (Å²) in [5, 5.41) is 53.9. The number of amides is 1. The van der Waals surface area contributed by atoms with Gasteiger partial charge < -0.3 is 40.3 Å². The number of rotatable bonds is 41. The first kappa shape index (κ1) is 53.9. The van der Waals surface area contributed by atoms with Crippen LogP contribution in [0.1, 0.15) is 232 Å². The highest BCUT2D eigenvalue weighted by atomic mass is 16.7. The maximum absolute atomic E-state index is 12.9. The fraction of sp³-hybridized carbons (Fsp3) is 0.938. The van der Waals surface area contributed by atoms with E-state index in [0.29, 0.717) is 12.8 Å². The third-order valence-corrected chi connectivity index (χ3v) is 11.9. The molecule has 7 unspecified atom stereocenters. The molecule has 1 heterocycles. The van der Waals surface area contributed by atoms with Gasteiger partial charge in [0.1, 0.15) is 24.4 Å². The number of carbonyl (C=O) groups excluding carboxylic acids is 1. The van der Waals surface area contributed by atoms with Crippen LogP contribution in [0.15, 0.2) is 12.2 Å². The highest BCUT2D eigenvalue weighted by molar-refractivity contribution is 5.76. The van der Waals surface area contributed by atoms with E-state index in [1.807, 2.05) is 0 Å². The molecule has 0 aromatic carbocycles. The largest absolute Gasteiger partial charge is 0.394 e. The van der Waals surface area contributed by atoms with E-state index in [1.165, 1.54) is 154 Å². The van der Waals surface area contributed by atoms with Crippen LogP contribution in [0.3, 0.4) is 0 Å². The van der Waals surface area contributed by atoms with Gasteiger partial charge in [0.15, 0.2) is 6.29 Å². The predicted molar refractivity (Wildman–Crippen MR) is 235 cm³/mol. The maximum atomic E-state index is 12.9. The van der Waals surface area contributed by atoms with Gasteiger partial charge in [0, 0.05) is 6.42 Å². The summed E-state index contributed by atoms with van der Waals surface area (Å²) in [5.41, 5.74) is 0. The van der Waals surface area contributed by atoms with Crippen molar-refractivity contribution in [1.82, 2.24) is 5.32 Å². The summed E-state index contributed by atoms with van der Waals surface area (Å²) >= 11 is 0. The van der Waals surface area contributed by atoms with Crippen molar-refractivity contribution in [2.24, 2.45) is 0 Å². The molecule has 0 aromatic heterocycles. The van der Waals surface area contributed by atoms with Crippen LogP contribution >= 0.6 is 0 Å². The average molecular weight is 812 g/mol. The number of hydrogen-bond donors (Lipinski definition) is 6. The van der Waals surface area contributed by atoms with E-state index < -0.39 is 49.5 Å². The number of unbranched alkanes of at least 4 members (excludes halogenated alkanes) is 29. The van der Waals surface area contributed by atoms with E-state index in [1.54, 1.807) is 0 Å². The number of aliphatic hydroxyl groups is 5. The molecule has 0 aromatic rings. The number of nitrogens with one attached hydrogen (secondary N) is 1. The van der Waals surface area contributed by atoms with Gasteiger partial charge in [-0.05, 0) is 38.5 Å². The summed E-state index contributed by atoms with van der Waals surface area (Å²) in [7, 11) is 0. The first-order chi connectivity index (χ1) is 27.8. The summed E-state index contributed by atoms with van der Waals surface area (Å²) in [5.74, 6) is -0.148. The number of aliphatic hydroxyl groups excluding tert-OH is 5. The Kier molecular flexibility index (Phi) is 37.0. The Balaban J connectivity index is 2.04. The molecule has 1 amide bonds. The first-order valence-corrected chi connectivity index (χ1v) is 24.4. The van der Waals surface area contributed by atoms with Crippen molar-refractivity contribution in [3.05, 3.63) is 12.2 Å². The van der Waals surface area contributed by atoms with Crippen LogP contribution in [-0.2, 0) is 14.3 Å². The second-order valence-corrected chi connectivity index (χ2v) is 17.3. The number of ether oxygens (including phenoxy) is 2. The molecule has 6 N–H and O–H groups in total. The lowest BCUT2D eigenvalue weighted by atomic mass is 9.99. The molecule has 57 heavy (non-hydrogen) atoms. The van der Waals surface area contributed by atoms with Crippen molar-refractivity contribution in [2.45, 2.75) is 275 Å². The molecule has 1 aliphatic heterocycles. The van der Waals surface area contributed by atoms with Gasteiger partial charge >= 0.3 is 0 Å². The molecule has 9 heteroatoms. The van der Waals surface area contributed by atoms with Crippen LogP contribution in [0, 0.1) is 0 Å². The zero-order valence-electron chi connectivity index (χ0n) is 37.1. The lowest BCUT2D eigenvalue weighted by Gasteiger charge is -2.40. The normalized spacial score (nSPS) is 21.0. The number of carbonyl (C=O) groups is 1. The van der Waals surface area contributed by atoms with Gasteiger partial charge in [-0.25, -0.2) is 0 Å². The second kappa shape index (κ2) is 39.1. The van der Waals surface area contributed by atoms with Crippen LogP contribution in [0.25, 0.3) is 0 Å². The SMILES string of the molecule is CCCCCCCCCC/C=C\CCCCCCCCCCCCCCCCCCCC(=O)NC(COC1OC(CO)C(O)C(O)C1O)C(O)CCCCCCC. The molecular weight excluding hydrogens is 719 g/mol. The van der Waals surface area contributed by atoms with Crippen LogP contribution in [0.2, 0.25) is 0 Å². The van der Waals surface area contributed by atoms with Crippen LogP contribution in [0.4, 0.5) is 0 Å². The summed E-state index contributed by atoms with van der Waals surface area (Å²) in [4.78, 5) is 12.9. The molecule has 1 rings (SSSR count). The highest BCUT2D eigenvalue weighted by Gasteiger charge is 2.44. The molecule has 0 bridgehead atoms. The van der Waals surface area contributed by atoms with E-state index in [2.05, 4.69) is 31.3 Å². The van der Waals surface area contributed by atoms with E-state index in [-0.39, 0.29) is 12.5 Å². The number of hydrogen-bond acceptors (Lipinski definition) is 8. The van der Waals surface area contributed by atoms with Gasteiger partial charge in [-0.3, -0.25) is 4.79 Å². The van der Waals surface area contributed by atoms with Crippen molar-refractivity contribution in [3.8, 4) is 0 Å². The molecule has 0 radical (unpaired) electrons.